The summed E-state index contributed by atoms with van der Waals surface area (Å²) in [5, 5.41) is 0.500. The zero-order valence-electron chi connectivity index (χ0n) is 8.34. The van der Waals surface area contributed by atoms with Gasteiger partial charge in [-0.1, -0.05) is 11.6 Å². The smallest absolute Gasteiger partial charge is 0.156 e. The summed E-state index contributed by atoms with van der Waals surface area (Å²) in [6, 6.07) is 0. The van der Waals surface area contributed by atoms with Crippen LogP contribution in [0.5, 0.6) is 0 Å². The molecule has 0 aliphatic heterocycles. The van der Waals surface area contributed by atoms with E-state index in [-0.39, 0.29) is 6.10 Å². The molecule has 78 valence electrons. The molecule has 0 N–H and O–H groups in total. The highest BCUT2D eigenvalue weighted by atomic mass is 127. The van der Waals surface area contributed by atoms with E-state index in [1.54, 1.807) is 0 Å². The number of hydrogen-bond acceptors (Lipinski definition) is 3. The average molecular weight is 327 g/mol. The maximum atomic E-state index is 5.92. The van der Waals surface area contributed by atoms with Gasteiger partial charge in [-0.25, -0.2) is 9.97 Å². The summed E-state index contributed by atoms with van der Waals surface area (Å²) in [7, 11) is 0. The Balaban J connectivity index is 2.79. The van der Waals surface area contributed by atoms with Crippen LogP contribution in [0.4, 0.5) is 0 Å². The molecule has 0 amide bonds. The van der Waals surface area contributed by atoms with Crippen LogP contribution in [0, 0.1) is 10.5 Å². The predicted molar refractivity (Wildman–Crippen MR) is 64.4 cm³/mol. The number of rotatable bonds is 3. The van der Waals surface area contributed by atoms with E-state index < -0.39 is 0 Å². The molecule has 0 atom stereocenters. The minimum atomic E-state index is 0.178. The van der Waals surface area contributed by atoms with E-state index >= 15 is 0 Å². The largest absolute Gasteiger partial charge is 0.371 e. The molecule has 1 heterocycles. The molecule has 1 rings (SSSR count). The topological polar surface area (TPSA) is 35.0 Å². The first-order valence-electron chi connectivity index (χ1n) is 4.31. The molecule has 0 radical (unpaired) electrons. The molecule has 0 saturated heterocycles. The first-order valence-corrected chi connectivity index (χ1v) is 5.76. The Morgan fingerprint density at radius 1 is 1.43 bits per heavy atom. The Hall–Kier alpha value is 0.0600. The molecular weight excluding hydrogens is 314 g/mol. The van der Waals surface area contributed by atoms with Crippen LogP contribution in [0.3, 0.4) is 0 Å². The lowest BCUT2D eigenvalue weighted by Crippen LogP contribution is -2.07. The first kappa shape index (κ1) is 12.1. The van der Waals surface area contributed by atoms with Gasteiger partial charge in [0, 0.05) is 0 Å². The van der Waals surface area contributed by atoms with Gasteiger partial charge in [-0.15, -0.1) is 0 Å². The van der Waals surface area contributed by atoms with E-state index in [9.17, 15) is 0 Å². The third kappa shape index (κ3) is 3.33. The second-order valence-corrected chi connectivity index (χ2v) is 4.63. The lowest BCUT2D eigenvalue weighted by molar-refractivity contribution is 0.0612. The lowest BCUT2D eigenvalue weighted by atomic mass is 10.4. The molecule has 0 fully saturated rings. The van der Waals surface area contributed by atoms with Crippen LogP contribution in [0.25, 0.3) is 0 Å². The molecule has 1 aromatic rings. The van der Waals surface area contributed by atoms with Gasteiger partial charge in [0.05, 0.1) is 15.4 Å². The van der Waals surface area contributed by atoms with Gasteiger partial charge >= 0.3 is 0 Å². The van der Waals surface area contributed by atoms with Gasteiger partial charge < -0.3 is 4.74 Å². The molecular formula is C9H12ClIN2O. The van der Waals surface area contributed by atoms with E-state index in [0.717, 1.165) is 9.26 Å². The summed E-state index contributed by atoms with van der Waals surface area (Å²) in [4.78, 5) is 8.40. The number of halogens is 2. The molecule has 5 heteroatoms. The fourth-order valence-electron chi connectivity index (χ4n) is 0.885. The Labute approximate surface area is 102 Å². The molecule has 0 unspecified atom stereocenters. The molecule has 0 aliphatic rings. The summed E-state index contributed by atoms with van der Waals surface area (Å²) in [5.74, 6) is 0.640. The highest BCUT2D eigenvalue weighted by Crippen LogP contribution is 2.18. The van der Waals surface area contributed by atoms with Crippen LogP contribution in [-0.2, 0) is 11.3 Å². The number of hydrogen-bond donors (Lipinski definition) is 0. The normalized spacial score (nSPS) is 11.0. The summed E-state index contributed by atoms with van der Waals surface area (Å²) >= 11 is 8.05. The van der Waals surface area contributed by atoms with Crippen molar-refractivity contribution in [2.75, 3.05) is 0 Å². The van der Waals surface area contributed by atoms with Crippen molar-refractivity contribution in [2.24, 2.45) is 0 Å². The standard InChI is InChI=1S/C9H12ClIN2O/c1-5(2)14-4-7-12-6(3)8(11)9(10)13-7/h5H,4H2,1-3H3. The fraction of sp³-hybridized carbons (Fsp3) is 0.556. The van der Waals surface area contributed by atoms with E-state index in [1.165, 1.54) is 0 Å². The Kier molecular flexibility index (Phi) is 4.53. The second-order valence-electron chi connectivity index (χ2n) is 3.19. The Bertz CT molecular complexity index is 308. The van der Waals surface area contributed by atoms with E-state index in [1.807, 2.05) is 20.8 Å². The van der Waals surface area contributed by atoms with Gasteiger partial charge in [0.25, 0.3) is 0 Å². The highest BCUT2D eigenvalue weighted by Gasteiger charge is 2.07. The molecule has 0 aromatic carbocycles. The average Bonchev–Trinajstić information content (AvgIpc) is 2.10. The predicted octanol–water partition coefficient (Wildman–Crippen LogP) is 2.97. The Morgan fingerprint density at radius 3 is 2.57 bits per heavy atom. The molecule has 0 spiro atoms. The summed E-state index contributed by atoms with van der Waals surface area (Å²) in [6.07, 6.45) is 0.178. The molecule has 0 aliphatic carbocycles. The van der Waals surface area contributed by atoms with Gasteiger partial charge in [0.15, 0.2) is 5.82 Å². The SMILES string of the molecule is Cc1nc(COC(C)C)nc(Cl)c1I. The minimum absolute atomic E-state index is 0.178. The number of aromatic nitrogens is 2. The van der Waals surface area contributed by atoms with Crippen LogP contribution in [0.1, 0.15) is 25.4 Å². The molecule has 1 aromatic heterocycles. The monoisotopic (exact) mass is 326 g/mol. The van der Waals surface area contributed by atoms with Crippen LogP contribution >= 0.6 is 34.2 Å². The summed E-state index contributed by atoms with van der Waals surface area (Å²) in [6.45, 7) is 6.27. The fourth-order valence-corrected chi connectivity index (χ4v) is 1.36. The second kappa shape index (κ2) is 5.23. The zero-order valence-corrected chi connectivity index (χ0v) is 11.3. The van der Waals surface area contributed by atoms with Crippen molar-refractivity contribution >= 4 is 34.2 Å². The lowest BCUT2D eigenvalue weighted by Gasteiger charge is -2.08. The van der Waals surface area contributed by atoms with Gasteiger partial charge in [0.2, 0.25) is 0 Å². The van der Waals surface area contributed by atoms with Crippen LogP contribution in [0.2, 0.25) is 5.15 Å². The van der Waals surface area contributed by atoms with Crippen molar-refractivity contribution in [3.05, 3.63) is 20.2 Å². The van der Waals surface area contributed by atoms with Gasteiger partial charge in [-0.2, -0.15) is 0 Å². The number of aryl methyl sites for hydroxylation is 1. The maximum absolute atomic E-state index is 5.92. The quantitative estimate of drug-likeness (QED) is 0.633. The van der Waals surface area contributed by atoms with E-state index in [2.05, 4.69) is 32.6 Å². The van der Waals surface area contributed by atoms with Crippen LogP contribution in [0.15, 0.2) is 0 Å². The van der Waals surface area contributed by atoms with Crippen molar-refractivity contribution in [1.29, 1.82) is 0 Å². The van der Waals surface area contributed by atoms with Gasteiger partial charge in [-0.3, -0.25) is 0 Å². The van der Waals surface area contributed by atoms with Crippen molar-refractivity contribution < 1.29 is 4.74 Å². The Morgan fingerprint density at radius 2 is 2.07 bits per heavy atom. The minimum Gasteiger partial charge on any atom is -0.371 e. The third-order valence-corrected chi connectivity index (χ3v) is 3.45. The third-order valence-electron chi connectivity index (χ3n) is 1.57. The van der Waals surface area contributed by atoms with E-state index in [4.69, 9.17) is 16.3 Å². The first-order chi connectivity index (χ1) is 6.50. The van der Waals surface area contributed by atoms with Crippen molar-refractivity contribution in [3.8, 4) is 0 Å². The number of ether oxygens (including phenoxy) is 1. The van der Waals surface area contributed by atoms with Crippen molar-refractivity contribution in [3.63, 3.8) is 0 Å². The zero-order chi connectivity index (χ0) is 10.7. The maximum Gasteiger partial charge on any atom is 0.156 e. The van der Waals surface area contributed by atoms with E-state index in [0.29, 0.717) is 17.6 Å². The van der Waals surface area contributed by atoms with Crippen molar-refractivity contribution in [1.82, 2.24) is 9.97 Å². The number of nitrogens with zero attached hydrogens (tertiary/aromatic N) is 2. The summed E-state index contributed by atoms with van der Waals surface area (Å²) < 4.78 is 6.29. The molecule has 0 saturated carbocycles. The molecule has 0 bridgehead atoms. The van der Waals surface area contributed by atoms with Crippen LogP contribution in [-0.4, -0.2) is 16.1 Å². The van der Waals surface area contributed by atoms with Gasteiger partial charge in [-0.05, 0) is 43.4 Å². The van der Waals surface area contributed by atoms with Crippen molar-refractivity contribution in [2.45, 2.75) is 33.5 Å². The summed E-state index contributed by atoms with van der Waals surface area (Å²) in [5.41, 5.74) is 0.896. The highest BCUT2D eigenvalue weighted by molar-refractivity contribution is 14.1. The molecule has 14 heavy (non-hydrogen) atoms. The molecule has 3 nitrogen and oxygen atoms in total. The van der Waals surface area contributed by atoms with Crippen LogP contribution < -0.4 is 0 Å². The van der Waals surface area contributed by atoms with Gasteiger partial charge in [0.1, 0.15) is 11.8 Å².